The first-order valence-corrected chi connectivity index (χ1v) is 8.02. The molecule has 0 aliphatic heterocycles. The maximum absolute atomic E-state index is 13.4. The number of hydrogen-bond donors (Lipinski definition) is 1. The van der Waals surface area contributed by atoms with Gasteiger partial charge >= 0.3 is 0 Å². The van der Waals surface area contributed by atoms with Gasteiger partial charge < -0.3 is 10.1 Å². The molecule has 21 heavy (non-hydrogen) atoms. The Balaban J connectivity index is 1.98. The number of nitrogens with one attached hydrogen (secondary N) is 1. The fourth-order valence-electron chi connectivity index (χ4n) is 2.75. The average Bonchev–Trinajstić information content (AvgIpc) is 2.44. The van der Waals surface area contributed by atoms with E-state index in [2.05, 4.69) is 31.1 Å². The summed E-state index contributed by atoms with van der Waals surface area (Å²) in [5, 5.41) is 3.28. The van der Waals surface area contributed by atoms with Gasteiger partial charge in [-0.25, -0.2) is 9.37 Å². The predicted molar refractivity (Wildman–Crippen MR) is 82.9 cm³/mol. The van der Waals surface area contributed by atoms with E-state index in [0.717, 1.165) is 31.4 Å². The van der Waals surface area contributed by atoms with Crippen molar-refractivity contribution >= 4 is 0 Å². The van der Waals surface area contributed by atoms with Crippen LogP contribution in [-0.2, 0) is 6.54 Å². The number of hydrogen-bond acceptors (Lipinski definition) is 3. The first kappa shape index (κ1) is 16.2. The summed E-state index contributed by atoms with van der Waals surface area (Å²) in [6.07, 6.45) is 6.94. The molecule has 0 amide bonds. The van der Waals surface area contributed by atoms with E-state index in [1.807, 2.05) is 0 Å². The highest BCUT2D eigenvalue weighted by molar-refractivity contribution is 5.26. The lowest BCUT2D eigenvalue weighted by Crippen LogP contribution is -2.29. The molecule has 1 aromatic heterocycles. The fourth-order valence-corrected chi connectivity index (χ4v) is 2.75. The molecule has 0 unspecified atom stereocenters. The van der Waals surface area contributed by atoms with Crippen LogP contribution in [0.1, 0.15) is 58.4 Å². The summed E-state index contributed by atoms with van der Waals surface area (Å²) in [7, 11) is 0. The lowest BCUT2D eigenvalue weighted by atomic mass is 9.76. The number of halogens is 1. The van der Waals surface area contributed by atoms with E-state index in [1.165, 1.54) is 25.1 Å². The van der Waals surface area contributed by atoms with Crippen LogP contribution in [0.5, 0.6) is 5.88 Å². The Bertz CT molecular complexity index is 452. The molecule has 118 valence electrons. The zero-order valence-corrected chi connectivity index (χ0v) is 13.4. The SMILES string of the molecule is CCCNCc1cc(F)cnc1OC1CCC(C)(C)CC1. The van der Waals surface area contributed by atoms with Gasteiger partial charge in [-0.1, -0.05) is 20.8 Å². The van der Waals surface area contributed by atoms with Gasteiger partial charge in [-0.2, -0.15) is 0 Å². The van der Waals surface area contributed by atoms with Gasteiger partial charge in [-0.15, -0.1) is 0 Å². The Hall–Kier alpha value is -1.16. The number of pyridine rings is 1. The molecule has 1 saturated carbocycles. The lowest BCUT2D eigenvalue weighted by molar-refractivity contribution is 0.0937. The molecule has 1 heterocycles. The molecule has 1 N–H and O–H groups in total. The van der Waals surface area contributed by atoms with Crippen molar-refractivity contribution in [3.63, 3.8) is 0 Å². The van der Waals surface area contributed by atoms with E-state index < -0.39 is 0 Å². The Morgan fingerprint density at radius 3 is 2.76 bits per heavy atom. The second-order valence-electron chi connectivity index (χ2n) is 6.78. The minimum atomic E-state index is -0.305. The van der Waals surface area contributed by atoms with Crippen LogP contribution >= 0.6 is 0 Å². The van der Waals surface area contributed by atoms with Gasteiger partial charge in [-0.05, 0) is 50.1 Å². The van der Waals surface area contributed by atoms with Crippen molar-refractivity contribution in [2.45, 2.75) is 65.5 Å². The highest BCUT2D eigenvalue weighted by atomic mass is 19.1. The van der Waals surface area contributed by atoms with Crippen molar-refractivity contribution < 1.29 is 9.13 Å². The Morgan fingerprint density at radius 2 is 2.10 bits per heavy atom. The summed E-state index contributed by atoms with van der Waals surface area (Å²) in [6, 6.07) is 1.53. The van der Waals surface area contributed by atoms with Crippen LogP contribution in [0.4, 0.5) is 4.39 Å². The third-order valence-corrected chi connectivity index (χ3v) is 4.20. The summed E-state index contributed by atoms with van der Waals surface area (Å²) in [5.74, 6) is 0.283. The number of aromatic nitrogens is 1. The van der Waals surface area contributed by atoms with Crippen LogP contribution in [0.3, 0.4) is 0 Å². The van der Waals surface area contributed by atoms with Crippen molar-refractivity contribution in [2.24, 2.45) is 5.41 Å². The molecule has 0 spiro atoms. The van der Waals surface area contributed by atoms with Gasteiger partial charge in [0.25, 0.3) is 0 Å². The third-order valence-electron chi connectivity index (χ3n) is 4.20. The van der Waals surface area contributed by atoms with Gasteiger partial charge in [0.05, 0.1) is 6.20 Å². The van der Waals surface area contributed by atoms with Crippen LogP contribution < -0.4 is 10.1 Å². The molecule has 0 bridgehead atoms. The molecule has 1 aromatic rings. The van der Waals surface area contributed by atoms with E-state index in [9.17, 15) is 4.39 Å². The zero-order chi connectivity index (χ0) is 15.3. The molecule has 4 heteroatoms. The van der Waals surface area contributed by atoms with E-state index in [4.69, 9.17) is 4.74 Å². The second-order valence-corrected chi connectivity index (χ2v) is 6.78. The third kappa shape index (κ3) is 4.95. The minimum absolute atomic E-state index is 0.209. The summed E-state index contributed by atoms with van der Waals surface area (Å²) in [4.78, 5) is 4.15. The Morgan fingerprint density at radius 1 is 1.38 bits per heavy atom. The zero-order valence-electron chi connectivity index (χ0n) is 13.4. The maximum atomic E-state index is 13.4. The van der Waals surface area contributed by atoms with E-state index in [0.29, 0.717) is 17.8 Å². The molecular weight excluding hydrogens is 267 g/mol. The van der Waals surface area contributed by atoms with E-state index >= 15 is 0 Å². The maximum Gasteiger partial charge on any atom is 0.218 e. The summed E-state index contributed by atoms with van der Waals surface area (Å²) < 4.78 is 19.4. The minimum Gasteiger partial charge on any atom is -0.474 e. The molecule has 0 saturated heterocycles. The average molecular weight is 294 g/mol. The van der Waals surface area contributed by atoms with Gasteiger partial charge in [-0.3, -0.25) is 0 Å². The quantitative estimate of drug-likeness (QED) is 0.803. The van der Waals surface area contributed by atoms with Gasteiger partial charge in [0.15, 0.2) is 0 Å². The van der Waals surface area contributed by atoms with Crippen LogP contribution in [0.15, 0.2) is 12.3 Å². The normalized spacial score (nSPS) is 18.7. The van der Waals surface area contributed by atoms with Crippen molar-refractivity contribution in [1.29, 1.82) is 0 Å². The molecule has 0 radical (unpaired) electrons. The molecular formula is C17H27FN2O. The van der Waals surface area contributed by atoms with Crippen molar-refractivity contribution in [2.75, 3.05) is 6.54 Å². The van der Waals surface area contributed by atoms with Gasteiger partial charge in [0, 0.05) is 12.1 Å². The van der Waals surface area contributed by atoms with Gasteiger partial charge in [0.2, 0.25) is 5.88 Å². The number of rotatable bonds is 6. The second kappa shape index (κ2) is 7.21. The molecule has 1 aliphatic rings. The standard InChI is InChI=1S/C17H27FN2O/c1-4-9-19-11-13-10-14(18)12-20-16(13)21-15-5-7-17(2,3)8-6-15/h10,12,15,19H,4-9,11H2,1-3H3. The summed E-state index contributed by atoms with van der Waals surface area (Å²) >= 11 is 0. The summed E-state index contributed by atoms with van der Waals surface area (Å²) in [5.41, 5.74) is 1.23. The van der Waals surface area contributed by atoms with Crippen LogP contribution in [0, 0.1) is 11.2 Å². The number of nitrogens with zero attached hydrogens (tertiary/aromatic N) is 1. The lowest BCUT2D eigenvalue weighted by Gasteiger charge is -2.34. The first-order chi connectivity index (χ1) is 10.00. The van der Waals surface area contributed by atoms with Gasteiger partial charge in [0.1, 0.15) is 11.9 Å². The first-order valence-electron chi connectivity index (χ1n) is 8.02. The fraction of sp³-hybridized carbons (Fsp3) is 0.706. The van der Waals surface area contributed by atoms with Crippen LogP contribution in [0.2, 0.25) is 0 Å². The predicted octanol–water partition coefficient (Wildman–Crippen LogP) is 4.07. The van der Waals surface area contributed by atoms with Crippen molar-refractivity contribution in [3.8, 4) is 5.88 Å². The Kier molecular flexibility index (Phi) is 5.57. The van der Waals surface area contributed by atoms with Crippen molar-refractivity contribution in [1.82, 2.24) is 10.3 Å². The van der Waals surface area contributed by atoms with Crippen molar-refractivity contribution in [3.05, 3.63) is 23.6 Å². The number of ether oxygens (including phenoxy) is 1. The van der Waals surface area contributed by atoms with E-state index in [1.54, 1.807) is 0 Å². The molecule has 0 aromatic carbocycles. The van der Waals surface area contributed by atoms with Crippen LogP contribution in [0.25, 0.3) is 0 Å². The molecule has 1 fully saturated rings. The molecule has 2 rings (SSSR count). The highest BCUT2D eigenvalue weighted by Gasteiger charge is 2.28. The molecule has 1 aliphatic carbocycles. The highest BCUT2D eigenvalue weighted by Crippen LogP contribution is 2.36. The summed E-state index contributed by atoms with van der Waals surface area (Å²) in [6.45, 7) is 8.23. The monoisotopic (exact) mass is 294 g/mol. The topological polar surface area (TPSA) is 34.2 Å². The molecule has 3 nitrogen and oxygen atoms in total. The Labute approximate surface area is 127 Å². The largest absolute Gasteiger partial charge is 0.474 e. The molecule has 0 atom stereocenters. The van der Waals surface area contributed by atoms with Crippen LogP contribution in [-0.4, -0.2) is 17.6 Å². The smallest absolute Gasteiger partial charge is 0.218 e. The van der Waals surface area contributed by atoms with E-state index in [-0.39, 0.29) is 11.9 Å².